The molecule has 0 spiro atoms. The van der Waals surface area contributed by atoms with E-state index in [4.69, 9.17) is 0 Å². The third-order valence-electron chi connectivity index (χ3n) is 3.49. The van der Waals surface area contributed by atoms with E-state index in [1.165, 1.54) is 0 Å². The molecular weight excluding hydrogens is 290 g/mol. The Morgan fingerprint density at radius 1 is 1.38 bits per heavy atom. The van der Waals surface area contributed by atoms with Crippen molar-refractivity contribution in [2.75, 3.05) is 31.6 Å². The Kier molecular flexibility index (Phi) is 4.97. The van der Waals surface area contributed by atoms with Crippen LogP contribution in [0.4, 0.5) is 5.69 Å². The molecule has 2 rings (SSSR count). The van der Waals surface area contributed by atoms with Crippen LogP contribution in [-0.2, 0) is 21.2 Å². The van der Waals surface area contributed by atoms with E-state index in [1.807, 2.05) is 0 Å². The van der Waals surface area contributed by atoms with Crippen LogP contribution in [0.5, 0.6) is 0 Å². The number of hydrogen-bond donors (Lipinski definition) is 2. The predicted molar refractivity (Wildman–Crippen MR) is 81.9 cm³/mol. The van der Waals surface area contributed by atoms with Gasteiger partial charge in [-0.05, 0) is 31.2 Å². The standard InChI is InChI=1S/C14H21N3O3S/c1-3-16-21(19,20)12-5-4-11-7-9-17(13(11)10-12)14(18)6-8-15-2/h4-5,10,15-16H,3,6-9H2,1-2H3. The van der Waals surface area contributed by atoms with Gasteiger partial charge in [-0.3, -0.25) is 4.79 Å². The number of nitrogens with zero attached hydrogens (tertiary/aromatic N) is 1. The SMILES string of the molecule is CCNS(=O)(=O)c1ccc2c(c1)N(C(=O)CCNC)CC2. The van der Waals surface area contributed by atoms with Crippen LogP contribution in [0.1, 0.15) is 18.9 Å². The number of carbonyl (C=O) groups excluding carboxylic acids is 1. The lowest BCUT2D eigenvalue weighted by Crippen LogP contribution is -2.31. The fourth-order valence-corrected chi connectivity index (χ4v) is 3.49. The third-order valence-corrected chi connectivity index (χ3v) is 5.03. The summed E-state index contributed by atoms with van der Waals surface area (Å²) in [6.07, 6.45) is 1.17. The van der Waals surface area contributed by atoms with Crippen molar-refractivity contribution in [2.45, 2.75) is 24.7 Å². The Labute approximate surface area is 125 Å². The van der Waals surface area contributed by atoms with Gasteiger partial charge in [-0.25, -0.2) is 13.1 Å². The minimum atomic E-state index is -3.50. The maximum Gasteiger partial charge on any atom is 0.240 e. The van der Waals surface area contributed by atoms with Crippen molar-refractivity contribution in [3.05, 3.63) is 23.8 Å². The monoisotopic (exact) mass is 311 g/mol. The highest BCUT2D eigenvalue weighted by atomic mass is 32.2. The number of amides is 1. The number of sulfonamides is 1. The lowest BCUT2D eigenvalue weighted by Gasteiger charge is -2.18. The molecule has 1 aromatic rings. The molecule has 0 bridgehead atoms. The fraction of sp³-hybridized carbons (Fsp3) is 0.500. The molecular formula is C14H21N3O3S. The summed E-state index contributed by atoms with van der Waals surface area (Å²) >= 11 is 0. The fourth-order valence-electron chi connectivity index (χ4n) is 2.43. The summed E-state index contributed by atoms with van der Waals surface area (Å²) in [5.41, 5.74) is 1.73. The van der Waals surface area contributed by atoms with Gasteiger partial charge in [0.1, 0.15) is 0 Å². The van der Waals surface area contributed by atoms with E-state index in [0.29, 0.717) is 26.1 Å². The van der Waals surface area contributed by atoms with Gasteiger partial charge in [-0.15, -0.1) is 0 Å². The molecule has 0 unspecified atom stereocenters. The Bertz CT molecular complexity index is 628. The normalized spacial score (nSPS) is 14.3. The summed E-state index contributed by atoms with van der Waals surface area (Å²) in [6, 6.07) is 4.99. The number of carbonyl (C=O) groups is 1. The van der Waals surface area contributed by atoms with E-state index in [2.05, 4.69) is 10.0 Å². The average molecular weight is 311 g/mol. The second-order valence-electron chi connectivity index (χ2n) is 4.94. The Morgan fingerprint density at radius 2 is 2.14 bits per heavy atom. The van der Waals surface area contributed by atoms with E-state index in [0.717, 1.165) is 17.7 Å². The van der Waals surface area contributed by atoms with Crippen molar-refractivity contribution in [3.8, 4) is 0 Å². The molecule has 0 aromatic heterocycles. The first kappa shape index (κ1) is 15.9. The zero-order valence-electron chi connectivity index (χ0n) is 12.3. The first-order chi connectivity index (χ1) is 9.99. The molecule has 21 heavy (non-hydrogen) atoms. The molecule has 0 aliphatic carbocycles. The Hall–Kier alpha value is -1.44. The average Bonchev–Trinajstić information content (AvgIpc) is 2.87. The molecule has 1 aliphatic heterocycles. The van der Waals surface area contributed by atoms with Crippen molar-refractivity contribution >= 4 is 21.6 Å². The number of benzene rings is 1. The molecule has 1 aromatic carbocycles. The number of rotatable bonds is 6. The van der Waals surface area contributed by atoms with Gasteiger partial charge in [0.2, 0.25) is 15.9 Å². The highest BCUT2D eigenvalue weighted by Gasteiger charge is 2.26. The number of nitrogens with one attached hydrogen (secondary N) is 2. The molecule has 1 heterocycles. The first-order valence-corrected chi connectivity index (χ1v) is 8.55. The second kappa shape index (κ2) is 6.55. The molecule has 0 radical (unpaired) electrons. The highest BCUT2D eigenvalue weighted by Crippen LogP contribution is 2.30. The Morgan fingerprint density at radius 3 is 2.81 bits per heavy atom. The van der Waals surface area contributed by atoms with Crippen LogP contribution in [0.15, 0.2) is 23.1 Å². The number of fused-ring (bicyclic) bond motifs is 1. The summed E-state index contributed by atoms with van der Waals surface area (Å²) in [5.74, 6) is 0.0149. The lowest BCUT2D eigenvalue weighted by atomic mass is 10.2. The lowest BCUT2D eigenvalue weighted by molar-refractivity contribution is -0.118. The van der Waals surface area contributed by atoms with Gasteiger partial charge in [0.25, 0.3) is 0 Å². The third kappa shape index (κ3) is 3.42. The van der Waals surface area contributed by atoms with Crippen LogP contribution in [0.2, 0.25) is 0 Å². The minimum Gasteiger partial charge on any atom is -0.319 e. The maximum atomic E-state index is 12.2. The van der Waals surface area contributed by atoms with Crippen LogP contribution in [0.3, 0.4) is 0 Å². The van der Waals surface area contributed by atoms with Gasteiger partial charge in [0.05, 0.1) is 4.90 Å². The molecule has 0 saturated heterocycles. The van der Waals surface area contributed by atoms with Crippen molar-refractivity contribution in [1.82, 2.24) is 10.0 Å². The van der Waals surface area contributed by atoms with Crippen molar-refractivity contribution in [2.24, 2.45) is 0 Å². The summed E-state index contributed by atoms with van der Waals surface area (Å²) in [5, 5.41) is 2.95. The number of anilines is 1. The highest BCUT2D eigenvalue weighted by molar-refractivity contribution is 7.89. The summed E-state index contributed by atoms with van der Waals surface area (Å²) in [7, 11) is -1.70. The van der Waals surface area contributed by atoms with Gasteiger partial charge < -0.3 is 10.2 Å². The van der Waals surface area contributed by atoms with Crippen molar-refractivity contribution in [1.29, 1.82) is 0 Å². The smallest absolute Gasteiger partial charge is 0.240 e. The van der Waals surface area contributed by atoms with Crippen LogP contribution in [0, 0.1) is 0 Å². The van der Waals surface area contributed by atoms with Crippen LogP contribution < -0.4 is 14.9 Å². The van der Waals surface area contributed by atoms with Crippen molar-refractivity contribution < 1.29 is 13.2 Å². The van der Waals surface area contributed by atoms with Crippen LogP contribution in [0.25, 0.3) is 0 Å². The summed E-state index contributed by atoms with van der Waals surface area (Å²) in [4.78, 5) is 14.1. The molecule has 0 saturated carbocycles. The number of hydrogen-bond acceptors (Lipinski definition) is 4. The van der Waals surface area contributed by atoms with E-state index in [9.17, 15) is 13.2 Å². The molecule has 6 nitrogen and oxygen atoms in total. The zero-order chi connectivity index (χ0) is 15.5. The molecule has 0 atom stereocenters. The maximum absolute atomic E-state index is 12.2. The largest absolute Gasteiger partial charge is 0.319 e. The molecule has 2 N–H and O–H groups in total. The topological polar surface area (TPSA) is 78.5 Å². The Balaban J connectivity index is 2.29. The molecule has 7 heteroatoms. The van der Waals surface area contributed by atoms with Gasteiger partial charge in [-0.1, -0.05) is 13.0 Å². The van der Waals surface area contributed by atoms with E-state index in [1.54, 1.807) is 37.1 Å². The summed E-state index contributed by atoms with van der Waals surface area (Å²) < 4.78 is 26.6. The van der Waals surface area contributed by atoms with E-state index in [-0.39, 0.29) is 10.8 Å². The van der Waals surface area contributed by atoms with E-state index >= 15 is 0 Å². The van der Waals surface area contributed by atoms with Gasteiger partial charge in [-0.2, -0.15) is 0 Å². The van der Waals surface area contributed by atoms with Crippen molar-refractivity contribution in [3.63, 3.8) is 0 Å². The molecule has 0 fully saturated rings. The van der Waals surface area contributed by atoms with E-state index < -0.39 is 10.0 Å². The molecule has 116 valence electrons. The molecule has 1 aliphatic rings. The quantitative estimate of drug-likeness (QED) is 0.801. The zero-order valence-corrected chi connectivity index (χ0v) is 13.2. The summed E-state index contributed by atoms with van der Waals surface area (Å²) in [6.45, 7) is 3.30. The minimum absolute atomic E-state index is 0.0149. The molecule has 1 amide bonds. The van der Waals surface area contributed by atoms with Gasteiger partial charge in [0, 0.05) is 31.7 Å². The first-order valence-electron chi connectivity index (χ1n) is 7.07. The predicted octanol–water partition coefficient (Wildman–Crippen LogP) is 0.483. The van der Waals surface area contributed by atoms with Gasteiger partial charge >= 0.3 is 0 Å². The van der Waals surface area contributed by atoms with Crippen LogP contribution >= 0.6 is 0 Å². The van der Waals surface area contributed by atoms with Gasteiger partial charge in [0.15, 0.2) is 0 Å². The second-order valence-corrected chi connectivity index (χ2v) is 6.71. The van der Waals surface area contributed by atoms with Crippen LogP contribution in [-0.4, -0.2) is 41.0 Å².